The highest BCUT2D eigenvalue weighted by Gasteiger charge is 2.26. The second kappa shape index (κ2) is 7.55. The lowest BCUT2D eigenvalue weighted by atomic mass is 9.95. The second-order valence-electron chi connectivity index (χ2n) is 6.58. The smallest absolute Gasteiger partial charge is 0.140 e. The highest BCUT2D eigenvalue weighted by atomic mass is 15.3. The van der Waals surface area contributed by atoms with E-state index >= 15 is 0 Å². The van der Waals surface area contributed by atoms with Crippen LogP contribution in [-0.4, -0.2) is 33.9 Å². The molecule has 0 bridgehead atoms. The Kier molecular flexibility index (Phi) is 4.80. The van der Waals surface area contributed by atoms with E-state index < -0.39 is 0 Å². The molecule has 8 nitrogen and oxygen atoms in total. The van der Waals surface area contributed by atoms with Crippen LogP contribution in [0, 0.1) is 5.92 Å². The fraction of sp³-hybridized carbons (Fsp3) is 0.263. The molecule has 4 rings (SSSR count). The van der Waals surface area contributed by atoms with Gasteiger partial charge in [-0.2, -0.15) is 5.10 Å². The van der Waals surface area contributed by atoms with Crippen LogP contribution in [0.4, 0.5) is 5.82 Å². The number of nitrogens with one attached hydrogen (secondary N) is 1. The third-order valence-corrected chi connectivity index (χ3v) is 5.01. The van der Waals surface area contributed by atoms with E-state index in [9.17, 15) is 0 Å². The number of benzene rings is 1. The van der Waals surface area contributed by atoms with E-state index in [-0.39, 0.29) is 5.92 Å². The molecule has 1 atom stereocenters. The average Bonchev–Trinajstić information content (AvgIpc) is 2.74. The van der Waals surface area contributed by atoms with Gasteiger partial charge in [0, 0.05) is 37.0 Å². The highest BCUT2D eigenvalue weighted by Crippen LogP contribution is 2.34. The Hall–Kier alpha value is -3.26. The van der Waals surface area contributed by atoms with Crippen molar-refractivity contribution in [2.45, 2.75) is 12.8 Å². The predicted octanol–water partition coefficient (Wildman–Crippen LogP) is 1.64. The monoisotopic (exact) mass is 362 g/mol. The molecule has 1 aromatic carbocycles. The molecular formula is C19H22N8. The number of nitrogens with two attached hydrogens (primary N) is 2. The second-order valence-corrected chi connectivity index (χ2v) is 6.58. The SMILES string of the molecule is N/N=C(\NN)C1CCCN(c2ncnc3cccc(-c4cccnc4)c23)C1. The normalized spacial score (nSPS) is 17.9. The summed E-state index contributed by atoms with van der Waals surface area (Å²) in [4.78, 5) is 15.6. The van der Waals surface area contributed by atoms with Crippen LogP contribution in [0.25, 0.3) is 22.0 Å². The minimum atomic E-state index is 0.143. The van der Waals surface area contributed by atoms with Crippen molar-refractivity contribution in [2.24, 2.45) is 22.7 Å². The molecule has 0 saturated carbocycles. The summed E-state index contributed by atoms with van der Waals surface area (Å²) in [7, 11) is 0. The zero-order valence-electron chi connectivity index (χ0n) is 14.9. The van der Waals surface area contributed by atoms with E-state index in [4.69, 9.17) is 11.7 Å². The number of rotatable bonds is 3. The van der Waals surface area contributed by atoms with Gasteiger partial charge in [0.05, 0.1) is 10.9 Å². The highest BCUT2D eigenvalue weighted by molar-refractivity contribution is 6.02. The fourth-order valence-corrected chi connectivity index (χ4v) is 3.75. The van der Waals surface area contributed by atoms with Gasteiger partial charge in [-0.05, 0) is 30.5 Å². The van der Waals surface area contributed by atoms with Gasteiger partial charge in [-0.3, -0.25) is 4.98 Å². The Balaban J connectivity index is 1.80. The maximum Gasteiger partial charge on any atom is 0.140 e. The summed E-state index contributed by atoms with van der Waals surface area (Å²) in [5, 5.41) is 4.83. The number of fused-ring (bicyclic) bond motifs is 1. The maximum atomic E-state index is 5.58. The molecule has 1 aliphatic rings. The van der Waals surface area contributed by atoms with Gasteiger partial charge < -0.3 is 16.2 Å². The summed E-state index contributed by atoms with van der Waals surface area (Å²) in [6.07, 6.45) is 7.24. The van der Waals surface area contributed by atoms with Crippen LogP contribution in [0.3, 0.4) is 0 Å². The Morgan fingerprint density at radius 3 is 2.93 bits per heavy atom. The lowest BCUT2D eigenvalue weighted by Gasteiger charge is -2.34. The topological polar surface area (TPSA) is 118 Å². The minimum Gasteiger partial charge on any atom is -0.355 e. The number of hydrazone groups is 1. The van der Waals surface area contributed by atoms with E-state index in [0.29, 0.717) is 5.84 Å². The van der Waals surface area contributed by atoms with Gasteiger partial charge >= 0.3 is 0 Å². The van der Waals surface area contributed by atoms with Crippen LogP contribution in [0.15, 0.2) is 54.2 Å². The Morgan fingerprint density at radius 2 is 2.15 bits per heavy atom. The standard InChI is InChI=1S/C19H22N8/c20-25-18(26-21)14-5-3-9-27(11-14)19-17-15(13-4-2-8-22-10-13)6-1-7-16(17)23-12-24-19/h1-2,4,6-8,10,12,14H,3,5,9,11,20-21H2,(H,25,26). The lowest BCUT2D eigenvalue weighted by Crippen LogP contribution is -2.46. The Bertz CT molecular complexity index is 951. The molecule has 0 radical (unpaired) electrons. The van der Waals surface area contributed by atoms with Gasteiger partial charge in [-0.25, -0.2) is 15.8 Å². The largest absolute Gasteiger partial charge is 0.355 e. The van der Waals surface area contributed by atoms with Crippen LogP contribution in [-0.2, 0) is 0 Å². The van der Waals surface area contributed by atoms with E-state index in [2.05, 4.69) is 42.5 Å². The molecule has 138 valence electrons. The van der Waals surface area contributed by atoms with Crippen LogP contribution in [0.2, 0.25) is 0 Å². The first-order valence-electron chi connectivity index (χ1n) is 8.95. The zero-order valence-corrected chi connectivity index (χ0v) is 14.9. The van der Waals surface area contributed by atoms with Crippen LogP contribution in [0.1, 0.15) is 12.8 Å². The van der Waals surface area contributed by atoms with Gasteiger partial charge in [0.2, 0.25) is 0 Å². The summed E-state index contributed by atoms with van der Waals surface area (Å²) in [5.41, 5.74) is 5.65. The average molecular weight is 362 g/mol. The van der Waals surface area contributed by atoms with Crippen molar-refractivity contribution in [3.05, 3.63) is 49.1 Å². The van der Waals surface area contributed by atoms with Crippen molar-refractivity contribution in [3.63, 3.8) is 0 Å². The summed E-state index contributed by atoms with van der Waals surface area (Å²) >= 11 is 0. The molecule has 0 aliphatic carbocycles. The number of hydrogen-bond donors (Lipinski definition) is 3. The summed E-state index contributed by atoms with van der Waals surface area (Å²) in [5.74, 6) is 12.7. The lowest BCUT2D eigenvalue weighted by molar-refractivity contribution is 0.494. The van der Waals surface area contributed by atoms with Crippen LogP contribution >= 0.6 is 0 Å². The molecule has 8 heteroatoms. The van der Waals surface area contributed by atoms with E-state index in [1.54, 1.807) is 12.5 Å². The molecule has 3 aromatic rings. The molecule has 2 aromatic heterocycles. The first kappa shape index (κ1) is 17.2. The molecule has 1 unspecified atom stereocenters. The molecule has 1 saturated heterocycles. The molecule has 1 aliphatic heterocycles. The number of piperidine rings is 1. The molecule has 0 amide bonds. The number of aromatic nitrogens is 3. The fourth-order valence-electron chi connectivity index (χ4n) is 3.75. The number of hydrogen-bond acceptors (Lipinski definition) is 7. The van der Waals surface area contributed by atoms with Crippen LogP contribution in [0.5, 0.6) is 0 Å². The zero-order chi connectivity index (χ0) is 18.6. The van der Waals surface area contributed by atoms with Crippen molar-refractivity contribution in [1.82, 2.24) is 20.4 Å². The predicted molar refractivity (Wildman–Crippen MR) is 107 cm³/mol. The number of amidine groups is 1. The van der Waals surface area contributed by atoms with Crippen molar-refractivity contribution >= 4 is 22.6 Å². The molecule has 5 N–H and O–H groups in total. The summed E-state index contributed by atoms with van der Waals surface area (Å²) in [6.45, 7) is 1.65. The van der Waals surface area contributed by atoms with Gasteiger partial charge in [0.1, 0.15) is 18.0 Å². The van der Waals surface area contributed by atoms with Crippen molar-refractivity contribution in [1.29, 1.82) is 0 Å². The van der Waals surface area contributed by atoms with Crippen molar-refractivity contribution in [2.75, 3.05) is 18.0 Å². The van der Waals surface area contributed by atoms with E-state index in [1.165, 1.54) is 0 Å². The van der Waals surface area contributed by atoms with Crippen LogP contribution < -0.4 is 22.0 Å². The van der Waals surface area contributed by atoms with E-state index in [0.717, 1.165) is 53.8 Å². The Labute approximate surface area is 157 Å². The van der Waals surface area contributed by atoms with Gasteiger partial charge in [-0.1, -0.05) is 18.2 Å². The third kappa shape index (κ3) is 3.26. The molecule has 3 heterocycles. The molecule has 1 fully saturated rings. The first-order valence-corrected chi connectivity index (χ1v) is 8.95. The Morgan fingerprint density at radius 1 is 1.22 bits per heavy atom. The summed E-state index contributed by atoms with van der Waals surface area (Å²) < 4.78 is 0. The third-order valence-electron chi connectivity index (χ3n) is 5.01. The number of anilines is 1. The quantitative estimate of drug-likeness (QED) is 0.280. The van der Waals surface area contributed by atoms with Crippen molar-refractivity contribution in [3.8, 4) is 11.1 Å². The van der Waals surface area contributed by atoms with Gasteiger partial charge in [0.15, 0.2) is 0 Å². The van der Waals surface area contributed by atoms with Gasteiger partial charge in [-0.15, -0.1) is 0 Å². The number of pyridine rings is 1. The molecule has 0 spiro atoms. The molecule has 27 heavy (non-hydrogen) atoms. The number of hydrazine groups is 1. The number of nitrogens with zero attached hydrogens (tertiary/aromatic N) is 5. The minimum absolute atomic E-state index is 0.143. The van der Waals surface area contributed by atoms with Crippen molar-refractivity contribution < 1.29 is 0 Å². The maximum absolute atomic E-state index is 5.58. The first-order chi connectivity index (χ1) is 13.3. The van der Waals surface area contributed by atoms with E-state index in [1.807, 2.05) is 24.4 Å². The van der Waals surface area contributed by atoms with Gasteiger partial charge in [0.25, 0.3) is 0 Å². The summed E-state index contributed by atoms with van der Waals surface area (Å²) in [6, 6.07) is 10.1. The molecular weight excluding hydrogens is 340 g/mol.